The summed E-state index contributed by atoms with van der Waals surface area (Å²) in [5, 5.41) is 3.32. The van der Waals surface area contributed by atoms with Crippen LogP contribution >= 0.6 is 0 Å². The lowest BCUT2D eigenvalue weighted by Gasteiger charge is -2.09. The zero-order chi connectivity index (χ0) is 20.2. The number of ether oxygens (including phenoxy) is 2. The van der Waals surface area contributed by atoms with Gasteiger partial charge >= 0.3 is 0 Å². The van der Waals surface area contributed by atoms with Crippen LogP contribution in [0, 0.1) is 0 Å². The molecule has 0 aliphatic heterocycles. The minimum atomic E-state index is -0.322. The standard InChI is InChI=1S/C22H17NO6/c1-26-15-5-2-4-14(10-15)23-21(24)13-28-16-7-8-19-17(11-16)18(12-29-19)22(25)20-6-3-9-27-20/h2-12H,13H2,1H3,(H,23,24). The molecule has 2 aromatic heterocycles. The van der Waals surface area contributed by atoms with Crippen molar-refractivity contribution in [1.82, 2.24) is 0 Å². The molecule has 146 valence electrons. The zero-order valence-electron chi connectivity index (χ0n) is 15.5. The monoisotopic (exact) mass is 391 g/mol. The fourth-order valence-electron chi connectivity index (χ4n) is 2.86. The van der Waals surface area contributed by atoms with Gasteiger partial charge in [0.1, 0.15) is 23.3 Å². The average molecular weight is 391 g/mol. The van der Waals surface area contributed by atoms with Crippen molar-refractivity contribution in [3.05, 3.63) is 78.4 Å². The number of furan rings is 2. The molecular weight excluding hydrogens is 374 g/mol. The molecule has 2 heterocycles. The van der Waals surface area contributed by atoms with Gasteiger partial charge in [0.2, 0.25) is 5.78 Å². The van der Waals surface area contributed by atoms with Crippen molar-refractivity contribution in [2.75, 3.05) is 19.0 Å². The minimum Gasteiger partial charge on any atom is -0.497 e. The van der Waals surface area contributed by atoms with Crippen LogP contribution in [0.3, 0.4) is 0 Å². The number of anilines is 1. The molecular formula is C22H17NO6. The number of hydrogen-bond donors (Lipinski definition) is 1. The number of carbonyl (C=O) groups is 2. The van der Waals surface area contributed by atoms with Gasteiger partial charge in [-0.2, -0.15) is 0 Å². The van der Waals surface area contributed by atoms with Crippen molar-refractivity contribution in [3.63, 3.8) is 0 Å². The lowest BCUT2D eigenvalue weighted by molar-refractivity contribution is -0.118. The van der Waals surface area contributed by atoms with E-state index in [9.17, 15) is 9.59 Å². The number of nitrogens with one attached hydrogen (secondary N) is 1. The van der Waals surface area contributed by atoms with Crippen LogP contribution in [-0.4, -0.2) is 25.4 Å². The number of fused-ring (bicyclic) bond motifs is 1. The smallest absolute Gasteiger partial charge is 0.262 e. The molecule has 0 aliphatic rings. The number of carbonyl (C=O) groups excluding carboxylic acids is 2. The third-order valence-electron chi connectivity index (χ3n) is 4.26. The highest BCUT2D eigenvalue weighted by molar-refractivity contribution is 6.14. The molecule has 0 unspecified atom stereocenters. The Morgan fingerprint density at radius 2 is 1.90 bits per heavy atom. The Labute approximate surface area is 165 Å². The molecule has 7 heteroatoms. The van der Waals surface area contributed by atoms with Crippen LogP contribution in [0.1, 0.15) is 16.1 Å². The molecule has 2 aromatic carbocycles. The molecule has 4 aromatic rings. The predicted molar refractivity (Wildman–Crippen MR) is 105 cm³/mol. The van der Waals surface area contributed by atoms with E-state index in [1.165, 1.54) is 12.5 Å². The van der Waals surface area contributed by atoms with Gasteiger partial charge in [-0.15, -0.1) is 0 Å². The van der Waals surface area contributed by atoms with Crippen molar-refractivity contribution in [3.8, 4) is 11.5 Å². The molecule has 29 heavy (non-hydrogen) atoms. The predicted octanol–water partition coefficient (Wildman–Crippen LogP) is 4.28. The fourth-order valence-corrected chi connectivity index (χ4v) is 2.86. The van der Waals surface area contributed by atoms with Crippen LogP contribution in [0.15, 0.2) is 76.0 Å². The topological polar surface area (TPSA) is 90.9 Å². The Kier molecular flexibility index (Phi) is 5.03. The SMILES string of the molecule is COc1cccc(NC(=O)COc2ccc3occ(C(=O)c4ccco4)c3c2)c1. The average Bonchev–Trinajstić information content (AvgIpc) is 3.42. The second-order valence-corrected chi connectivity index (χ2v) is 6.18. The second-order valence-electron chi connectivity index (χ2n) is 6.18. The molecule has 1 amide bonds. The van der Waals surface area contributed by atoms with Crippen molar-refractivity contribution >= 4 is 28.3 Å². The van der Waals surface area contributed by atoms with E-state index >= 15 is 0 Å². The van der Waals surface area contributed by atoms with Gasteiger partial charge in [-0.05, 0) is 42.5 Å². The second kappa shape index (κ2) is 7.93. The molecule has 0 bridgehead atoms. The van der Waals surface area contributed by atoms with Gasteiger partial charge in [0.15, 0.2) is 12.4 Å². The van der Waals surface area contributed by atoms with Crippen molar-refractivity contribution < 1.29 is 27.9 Å². The summed E-state index contributed by atoms with van der Waals surface area (Å²) >= 11 is 0. The van der Waals surface area contributed by atoms with Gasteiger partial charge in [-0.1, -0.05) is 6.07 Å². The maximum Gasteiger partial charge on any atom is 0.262 e. The summed E-state index contributed by atoms with van der Waals surface area (Å²) in [6.45, 7) is -0.192. The molecule has 0 aliphatic carbocycles. The molecule has 0 radical (unpaired) electrons. The van der Waals surface area contributed by atoms with Crippen LogP contribution in [0.5, 0.6) is 11.5 Å². The third kappa shape index (κ3) is 3.98. The van der Waals surface area contributed by atoms with Crippen molar-refractivity contribution in [2.45, 2.75) is 0 Å². The summed E-state index contributed by atoms with van der Waals surface area (Å²) in [6.07, 6.45) is 2.82. The summed E-state index contributed by atoms with van der Waals surface area (Å²) in [5.74, 6) is 0.687. The van der Waals surface area contributed by atoms with Gasteiger partial charge in [-0.25, -0.2) is 0 Å². The Bertz CT molecular complexity index is 1160. The fraction of sp³-hybridized carbons (Fsp3) is 0.0909. The molecule has 0 spiro atoms. The quantitative estimate of drug-likeness (QED) is 0.473. The summed E-state index contributed by atoms with van der Waals surface area (Å²) in [6, 6.07) is 15.3. The maximum atomic E-state index is 12.5. The molecule has 4 rings (SSSR count). The minimum absolute atomic E-state index is 0.192. The lowest BCUT2D eigenvalue weighted by Crippen LogP contribution is -2.20. The molecule has 0 atom stereocenters. The van der Waals surface area contributed by atoms with E-state index in [-0.39, 0.29) is 24.1 Å². The van der Waals surface area contributed by atoms with E-state index < -0.39 is 0 Å². The van der Waals surface area contributed by atoms with Crippen molar-refractivity contribution in [2.24, 2.45) is 0 Å². The van der Waals surface area contributed by atoms with E-state index in [1.807, 2.05) is 0 Å². The van der Waals surface area contributed by atoms with E-state index in [1.54, 1.807) is 61.7 Å². The maximum absolute atomic E-state index is 12.5. The highest BCUT2D eigenvalue weighted by Gasteiger charge is 2.18. The van der Waals surface area contributed by atoms with E-state index in [4.69, 9.17) is 18.3 Å². The summed E-state index contributed by atoms with van der Waals surface area (Å²) in [5.41, 5.74) is 1.50. The van der Waals surface area contributed by atoms with Crippen LogP contribution in [0.25, 0.3) is 11.0 Å². The summed E-state index contributed by atoms with van der Waals surface area (Å²) in [7, 11) is 1.56. The summed E-state index contributed by atoms with van der Waals surface area (Å²) < 4.78 is 21.3. The van der Waals surface area contributed by atoms with E-state index in [2.05, 4.69) is 5.32 Å². The van der Waals surface area contributed by atoms with Gasteiger partial charge in [0.25, 0.3) is 5.91 Å². The van der Waals surface area contributed by atoms with Gasteiger partial charge in [-0.3, -0.25) is 9.59 Å². The molecule has 7 nitrogen and oxygen atoms in total. The van der Waals surface area contributed by atoms with Gasteiger partial charge < -0.3 is 23.6 Å². The molecule has 1 N–H and O–H groups in total. The van der Waals surface area contributed by atoms with E-state index in [0.717, 1.165) is 0 Å². The molecule has 0 fully saturated rings. The Morgan fingerprint density at radius 1 is 1.00 bits per heavy atom. The third-order valence-corrected chi connectivity index (χ3v) is 4.26. The Balaban J connectivity index is 1.46. The number of amides is 1. The number of rotatable bonds is 7. The van der Waals surface area contributed by atoms with Gasteiger partial charge in [0, 0.05) is 17.1 Å². The summed E-state index contributed by atoms with van der Waals surface area (Å²) in [4.78, 5) is 24.7. The lowest BCUT2D eigenvalue weighted by atomic mass is 10.1. The Hall–Kier alpha value is -4.00. The number of methoxy groups -OCH3 is 1. The molecule has 0 saturated carbocycles. The normalized spacial score (nSPS) is 10.7. The highest BCUT2D eigenvalue weighted by atomic mass is 16.5. The van der Waals surface area contributed by atoms with Gasteiger partial charge in [0.05, 0.1) is 18.9 Å². The first-order valence-corrected chi connectivity index (χ1v) is 8.80. The van der Waals surface area contributed by atoms with Crippen LogP contribution in [-0.2, 0) is 4.79 Å². The van der Waals surface area contributed by atoms with Crippen LogP contribution < -0.4 is 14.8 Å². The molecule has 0 saturated heterocycles. The van der Waals surface area contributed by atoms with Crippen molar-refractivity contribution in [1.29, 1.82) is 0 Å². The number of ketones is 1. The first-order valence-electron chi connectivity index (χ1n) is 8.80. The first-order chi connectivity index (χ1) is 14.1. The highest BCUT2D eigenvalue weighted by Crippen LogP contribution is 2.28. The van der Waals surface area contributed by atoms with E-state index in [0.29, 0.717) is 33.7 Å². The zero-order valence-corrected chi connectivity index (χ0v) is 15.5. The first kappa shape index (κ1) is 18.4. The van der Waals surface area contributed by atoms with Crippen LogP contribution in [0.2, 0.25) is 0 Å². The largest absolute Gasteiger partial charge is 0.497 e. The number of hydrogen-bond acceptors (Lipinski definition) is 6. The number of benzene rings is 2. The van der Waals surface area contributed by atoms with Crippen LogP contribution in [0.4, 0.5) is 5.69 Å². The Morgan fingerprint density at radius 3 is 2.69 bits per heavy atom.